The van der Waals surface area contributed by atoms with Crippen molar-refractivity contribution >= 4 is 53.2 Å². The molecule has 0 aliphatic carbocycles. The predicted molar refractivity (Wildman–Crippen MR) is 322 cm³/mol. The lowest BCUT2D eigenvalue weighted by Crippen LogP contribution is -2.61. The number of carboxylic acid groups (broad SMARTS) is 1. The SMILES string of the molecule is CC[C@H](C)[C@@H]([C@@H](CC(=O)N1CCC[C@H]1[C@H](OC)[C@@H](C)C(=O)N[C@H](C)[C@@H](O)c1ccccc1)OC)N(C)C(=O)[C@@H](NC(=O)[C@H](C(C)C)N(C)C(=O)OCc1cc(NC(=O)CCC(=O)NCCOCCON)ccc1O[C@@H]1OC(C(=O)O)[C@@H](O)C(O)C1O)C(C)C. The van der Waals surface area contributed by atoms with E-state index in [1.807, 2.05) is 19.9 Å². The summed E-state index contributed by atoms with van der Waals surface area (Å²) in [6.45, 7) is 14.7. The number of anilines is 1. The van der Waals surface area contributed by atoms with Crippen molar-refractivity contribution in [2.75, 3.05) is 66.5 Å². The van der Waals surface area contributed by atoms with Gasteiger partial charge in [-0.2, -0.15) is 0 Å². The Labute approximate surface area is 520 Å². The summed E-state index contributed by atoms with van der Waals surface area (Å²) in [5.41, 5.74) is 0.766. The van der Waals surface area contributed by atoms with Crippen molar-refractivity contribution in [1.29, 1.82) is 0 Å². The van der Waals surface area contributed by atoms with E-state index in [9.17, 15) is 63.9 Å². The second-order valence-corrected chi connectivity index (χ2v) is 23.4. The fraction of sp³-hybridized carbons (Fsp3) is 0.672. The molecule has 2 heterocycles. The first-order valence-electron chi connectivity index (χ1n) is 30.2. The summed E-state index contributed by atoms with van der Waals surface area (Å²) in [6, 6.07) is 8.75. The standard InChI is InChI=1S/C61H96N8O20/c1-13-35(6)49(43(83-11)31-46(72)69-26-17-20-41(69)54(84-12)36(7)56(77)64-37(8)50(73)38-18-15-14-16-19-38)67(9)58(79)47(33(2)3)66-57(78)48(34(4)5)68(10)61(82)86-32-39-30-40(65-45(71)24-23-44(70)63-25-27-85-28-29-87-62)21-22-42(39)88-60-53(76)51(74)52(75)55(89-60)59(80)81/h14-16,18-19,21-22,30,33-37,41,43,47-55,60,73-76H,13,17,20,23-29,31-32,62H2,1-12H3,(H,63,70)(H,64,77)(H,65,71)(H,66,78)(H,80,81)/t35-,36+,37+,41-,43+,47-,48-,49-,50+,51?,52-,53?,54+,55?,60+/m0/s1. The Kier molecular flexibility index (Phi) is 30.5. The maximum atomic E-state index is 14.9. The molecule has 7 amide bonds. The number of carbonyl (C=O) groups is 8. The molecule has 15 atom stereocenters. The van der Waals surface area contributed by atoms with Gasteiger partial charge >= 0.3 is 12.1 Å². The first-order valence-corrected chi connectivity index (χ1v) is 30.2. The van der Waals surface area contributed by atoms with Crippen LogP contribution in [0.5, 0.6) is 5.75 Å². The van der Waals surface area contributed by atoms with Crippen LogP contribution in [0.2, 0.25) is 0 Å². The molecule has 2 aliphatic heterocycles. The van der Waals surface area contributed by atoms with Gasteiger partial charge in [-0.25, -0.2) is 15.5 Å². The molecule has 0 aromatic heterocycles. The third kappa shape index (κ3) is 21.0. The van der Waals surface area contributed by atoms with Gasteiger partial charge in [0.1, 0.15) is 42.8 Å². The summed E-state index contributed by atoms with van der Waals surface area (Å²) < 4.78 is 34.2. The van der Waals surface area contributed by atoms with Crippen LogP contribution < -0.4 is 31.9 Å². The Bertz CT molecular complexity index is 2620. The van der Waals surface area contributed by atoms with Crippen LogP contribution in [0.25, 0.3) is 0 Å². The Balaban J connectivity index is 1.50. The van der Waals surface area contributed by atoms with Gasteiger partial charge in [0.25, 0.3) is 0 Å². The third-order valence-corrected chi connectivity index (χ3v) is 16.3. The van der Waals surface area contributed by atoms with Crippen molar-refractivity contribution in [1.82, 2.24) is 30.7 Å². The van der Waals surface area contributed by atoms with E-state index in [2.05, 4.69) is 26.1 Å². The van der Waals surface area contributed by atoms with E-state index in [1.54, 1.807) is 77.8 Å². The van der Waals surface area contributed by atoms with Gasteiger partial charge < -0.3 is 89.9 Å². The topological polar surface area (TPSA) is 386 Å². The molecule has 2 aromatic rings. The summed E-state index contributed by atoms with van der Waals surface area (Å²) in [7, 11) is 5.87. The lowest BCUT2D eigenvalue weighted by Gasteiger charge is -2.41. The zero-order chi connectivity index (χ0) is 66.4. The lowest BCUT2D eigenvalue weighted by atomic mass is 9.89. The molecule has 0 saturated carbocycles. The Morgan fingerprint density at radius 3 is 2.09 bits per heavy atom. The molecular weight excluding hydrogens is 1160 g/mol. The van der Waals surface area contributed by atoms with Crippen molar-refractivity contribution < 1.29 is 97.1 Å². The Hall–Kier alpha value is -6.60. The molecule has 3 unspecified atom stereocenters. The number of carboxylic acids is 1. The number of rotatable bonds is 35. The predicted octanol–water partition coefficient (Wildman–Crippen LogP) is 1.59. The van der Waals surface area contributed by atoms with Crippen molar-refractivity contribution in [3.63, 3.8) is 0 Å². The Morgan fingerprint density at radius 1 is 0.809 bits per heavy atom. The summed E-state index contributed by atoms with van der Waals surface area (Å²) in [4.78, 5) is 118. The highest BCUT2D eigenvalue weighted by atomic mass is 16.7. The summed E-state index contributed by atoms with van der Waals surface area (Å²) in [6.07, 6.45) is -12.2. The van der Waals surface area contributed by atoms with E-state index >= 15 is 0 Å². The van der Waals surface area contributed by atoms with E-state index in [-0.39, 0.29) is 80.4 Å². The van der Waals surface area contributed by atoms with Gasteiger partial charge in [-0.05, 0) is 61.3 Å². The number of ether oxygens (including phenoxy) is 6. The minimum atomic E-state index is -2.03. The summed E-state index contributed by atoms with van der Waals surface area (Å²) in [5, 5.41) is 63.2. The molecule has 2 aliphatic rings. The number of hydrogen-bond donors (Lipinski definition) is 10. The first-order chi connectivity index (χ1) is 42.1. The number of aliphatic hydroxyl groups is 4. The van der Waals surface area contributed by atoms with Gasteiger partial charge in [-0.1, -0.05) is 85.2 Å². The maximum Gasteiger partial charge on any atom is 0.410 e. The fourth-order valence-corrected chi connectivity index (χ4v) is 11.1. The molecule has 2 fully saturated rings. The average Bonchev–Trinajstić information content (AvgIpc) is 2.45. The second-order valence-electron chi connectivity index (χ2n) is 23.4. The average molecular weight is 1260 g/mol. The van der Waals surface area contributed by atoms with Gasteiger partial charge in [0, 0.05) is 65.5 Å². The van der Waals surface area contributed by atoms with Crippen molar-refractivity contribution in [3.8, 4) is 5.75 Å². The zero-order valence-corrected chi connectivity index (χ0v) is 53.2. The normalized spacial score (nSPS) is 21.4. The molecule has 2 aromatic carbocycles. The van der Waals surface area contributed by atoms with Crippen LogP contribution in [-0.4, -0.2) is 222 Å². The highest BCUT2D eigenvalue weighted by molar-refractivity contribution is 5.94. The number of carbonyl (C=O) groups excluding carboxylic acids is 7. The quantitative estimate of drug-likeness (QED) is 0.0346. The zero-order valence-electron chi connectivity index (χ0n) is 53.2. The van der Waals surface area contributed by atoms with E-state index in [1.165, 1.54) is 44.4 Å². The summed E-state index contributed by atoms with van der Waals surface area (Å²) in [5.74, 6) is -1.76. The molecule has 500 valence electrons. The second kappa shape index (κ2) is 36.3. The number of nitrogens with one attached hydrogen (secondary N) is 4. The molecule has 4 rings (SSSR count). The molecule has 2 saturated heterocycles. The largest absolute Gasteiger partial charge is 0.479 e. The van der Waals surface area contributed by atoms with Gasteiger partial charge in [0.2, 0.25) is 41.7 Å². The number of aliphatic carboxylic acids is 1. The van der Waals surface area contributed by atoms with Crippen LogP contribution in [0.15, 0.2) is 48.5 Å². The molecule has 0 bridgehead atoms. The van der Waals surface area contributed by atoms with E-state index in [0.717, 1.165) is 4.90 Å². The first kappa shape index (κ1) is 74.9. The number of aliphatic hydroxyl groups excluding tert-OH is 4. The van der Waals surface area contributed by atoms with E-state index in [0.29, 0.717) is 31.4 Å². The van der Waals surface area contributed by atoms with Crippen molar-refractivity contribution in [3.05, 3.63) is 59.7 Å². The monoisotopic (exact) mass is 1260 g/mol. The number of nitrogens with zero attached hydrogens (tertiary/aromatic N) is 3. The van der Waals surface area contributed by atoms with Gasteiger partial charge in [-0.3, -0.25) is 33.7 Å². The lowest BCUT2D eigenvalue weighted by molar-refractivity contribution is -0.271. The minimum Gasteiger partial charge on any atom is -0.479 e. The van der Waals surface area contributed by atoms with E-state index < -0.39 is 139 Å². The van der Waals surface area contributed by atoms with E-state index in [4.69, 9.17) is 34.3 Å². The van der Waals surface area contributed by atoms with Gasteiger partial charge in [-0.15, -0.1) is 0 Å². The van der Waals surface area contributed by atoms with Crippen LogP contribution in [0.4, 0.5) is 10.5 Å². The number of likely N-dealkylation sites (tertiary alicyclic amines) is 1. The summed E-state index contributed by atoms with van der Waals surface area (Å²) >= 11 is 0. The van der Waals surface area contributed by atoms with Crippen LogP contribution in [0, 0.1) is 23.7 Å². The van der Waals surface area contributed by atoms with Crippen LogP contribution in [0.3, 0.4) is 0 Å². The van der Waals surface area contributed by atoms with Crippen molar-refractivity contribution in [2.24, 2.45) is 29.6 Å². The molecular formula is C61H96N8O20. The number of benzene rings is 2. The fourth-order valence-electron chi connectivity index (χ4n) is 11.1. The van der Waals surface area contributed by atoms with Gasteiger partial charge in [0.05, 0.1) is 68.6 Å². The highest BCUT2D eigenvalue weighted by Crippen LogP contribution is 2.32. The number of nitrogens with two attached hydrogens (primary N) is 1. The van der Waals surface area contributed by atoms with Crippen LogP contribution in [0.1, 0.15) is 111 Å². The van der Waals surface area contributed by atoms with Crippen LogP contribution >= 0.6 is 0 Å². The highest BCUT2D eigenvalue weighted by Gasteiger charge is 2.49. The Morgan fingerprint density at radius 2 is 1.48 bits per heavy atom. The smallest absolute Gasteiger partial charge is 0.410 e. The number of likely N-dealkylation sites (N-methyl/N-ethyl adjacent to an activating group) is 2. The van der Waals surface area contributed by atoms with Crippen LogP contribution in [-0.2, 0) is 68.7 Å². The molecule has 89 heavy (non-hydrogen) atoms. The van der Waals surface area contributed by atoms with Crippen molar-refractivity contribution in [2.45, 2.75) is 180 Å². The molecule has 28 heteroatoms. The van der Waals surface area contributed by atoms with Gasteiger partial charge in [0.15, 0.2) is 6.10 Å². The number of methoxy groups -OCH3 is 2. The molecule has 0 spiro atoms. The third-order valence-electron chi connectivity index (χ3n) is 16.3. The molecule has 11 N–H and O–H groups in total. The number of amides is 7. The number of hydrogen-bond acceptors (Lipinski definition) is 20. The minimum absolute atomic E-state index is 0.00252. The molecule has 0 radical (unpaired) electrons. The maximum absolute atomic E-state index is 14.9. The molecule has 28 nitrogen and oxygen atoms in total.